The van der Waals surface area contributed by atoms with Crippen molar-refractivity contribution in [1.29, 1.82) is 0 Å². The number of aromatic nitrogens is 5. The highest BCUT2D eigenvalue weighted by atomic mass is 32.2. The number of fused-ring (bicyclic) bond motifs is 1. The molecule has 0 spiro atoms. The smallest absolute Gasteiger partial charge is 0.234 e. The van der Waals surface area contributed by atoms with Gasteiger partial charge in [-0.3, -0.25) is 8.99 Å². The fraction of sp³-hybridized carbons (Fsp3) is 0.318. The molecule has 4 rings (SSSR count). The molecule has 0 atom stereocenters. The molecule has 0 radical (unpaired) electrons. The van der Waals surface area contributed by atoms with Crippen LogP contribution < -0.4 is 4.31 Å². The third-order valence-electron chi connectivity index (χ3n) is 5.73. The number of pyridine rings is 1. The number of H-pyrrole nitrogens is 1. The van der Waals surface area contributed by atoms with Gasteiger partial charge in [0, 0.05) is 47.7 Å². The summed E-state index contributed by atoms with van der Waals surface area (Å²) in [5, 5.41) is 4.42. The summed E-state index contributed by atoms with van der Waals surface area (Å²) in [5.74, 6) is -0.520. The van der Waals surface area contributed by atoms with Gasteiger partial charge in [-0.1, -0.05) is 0 Å². The summed E-state index contributed by atoms with van der Waals surface area (Å²) in [6, 6.07) is 4.87. The van der Waals surface area contributed by atoms with Crippen molar-refractivity contribution in [2.75, 3.05) is 16.6 Å². The van der Waals surface area contributed by atoms with E-state index in [1.807, 2.05) is 13.8 Å². The van der Waals surface area contributed by atoms with E-state index in [4.69, 9.17) is 0 Å². The number of aryl methyl sites for hydroxylation is 2. The van der Waals surface area contributed by atoms with Crippen molar-refractivity contribution in [3.05, 3.63) is 47.9 Å². The number of sulfonamides is 1. The molecule has 0 unspecified atom stereocenters. The van der Waals surface area contributed by atoms with Crippen LogP contribution in [-0.4, -0.2) is 45.4 Å². The highest BCUT2D eigenvalue weighted by molar-refractivity contribution is 7.92. The van der Waals surface area contributed by atoms with Gasteiger partial charge in [0.2, 0.25) is 10.0 Å². The van der Waals surface area contributed by atoms with E-state index >= 15 is 4.39 Å². The summed E-state index contributed by atoms with van der Waals surface area (Å²) in [6.45, 7) is 7.25. The summed E-state index contributed by atoms with van der Waals surface area (Å²) in [6.07, 6.45) is 3.06. The minimum Gasteiger partial charge on any atom is -0.343 e. The maximum atomic E-state index is 16.1. The predicted molar refractivity (Wildman–Crippen MR) is 123 cm³/mol. The zero-order valence-electron chi connectivity index (χ0n) is 18.6. The van der Waals surface area contributed by atoms with Gasteiger partial charge in [-0.2, -0.15) is 5.10 Å². The van der Waals surface area contributed by atoms with E-state index in [-0.39, 0.29) is 17.9 Å². The van der Waals surface area contributed by atoms with E-state index < -0.39 is 15.8 Å². The summed E-state index contributed by atoms with van der Waals surface area (Å²) in [5.41, 5.74) is 4.64. The molecule has 10 heteroatoms. The molecular weight excluding hydrogens is 431 g/mol. The van der Waals surface area contributed by atoms with E-state index in [9.17, 15) is 8.42 Å². The Labute approximate surface area is 186 Å². The first-order valence-corrected chi connectivity index (χ1v) is 11.9. The number of hydrogen-bond acceptors (Lipinski definition) is 5. The molecule has 0 amide bonds. The normalized spacial score (nSPS) is 11.9. The predicted octanol–water partition coefficient (Wildman–Crippen LogP) is 3.96. The lowest BCUT2D eigenvalue weighted by atomic mass is 9.95. The number of hydrogen-bond donors (Lipinski definition) is 1. The molecule has 3 aromatic heterocycles. The van der Waals surface area contributed by atoms with Gasteiger partial charge in [0.15, 0.2) is 5.65 Å². The van der Waals surface area contributed by atoms with Crippen LogP contribution in [0.1, 0.15) is 25.2 Å². The first kappa shape index (κ1) is 21.9. The third-order valence-corrected chi connectivity index (χ3v) is 7.60. The number of aromatic amines is 1. The van der Waals surface area contributed by atoms with Crippen LogP contribution in [0.4, 0.5) is 10.1 Å². The first-order chi connectivity index (χ1) is 15.2. The second-order valence-corrected chi connectivity index (χ2v) is 9.73. The summed E-state index contributed by atoms with van der Waals surface area (Å²) in [7, 11) is -1.77. The minimum absolute atomic E-state index is 0.0616. The van der Waals surface area contributed by atoms with Crippen LogP contribution >= 0.6 is 0 Å². The topological polar surface area (TPSA) is 96.8 Å². The molecule has 1 N–H and O–H groups in total. The van der Waals surface area contributed by atoms with Crippen molar-refractivity contribution < 1.29 is 12.8 Å². The molecule has 0 aliphatic carbocycles. The quantitative estimate of drug-likeness (QED) is 0.474. The summed E-state index contributed by atoms with van der Waals surface area (Å²) >= 11 is 0. The number of halogens is 1. The van der Waals surface area contributed by atoms with Gasteiger partial charge >= 0.3 is 0 Å². The zero-order valence-corrected chi connectivity index (χ0v) is 19.5. The lowest BCUT2D eigenvalue weighted by Crippen LogP contribution is -2.32. The molecule has 0 bridgehead atoms. The van der Waals surface area contributed by atoms with Crippen LogP contribution in [-0.2, 0) is 17.1 Å². The van der Waals surface area contributed by atoms with Crippen molar-refractivity contribution in [1.82, 2.24) is 24.7 Å². The highest BCUT2D eigenvalue weighted by Crippen LogP contribution is 2.39. The van der Waals surface area contributed by atoms with Crippen LogP contribution in [0.15, 0.2) is 30.7 Å². The molecule has 0 saturated heterocycles. The zero-order chi connectivity index (χ0) is 23.2. The Kier molecular flexibility index (Phi) is 5.49. The van der Waals surface area contributed by atoms with Crippen molar-refractivity contribution in [3.63, 3.8) is 0 Å². The van der Waals surface area contributed by atoms with Crippen molar-refractivity contribution >= 4 is 26.9 Å². The van der Waals surface area contributed by atoms with Crippen molar-refractivity contribution in [3.8, 4) is 22.3 Å². The Morgan fingerprint density at radius 3 is 2.47 bits per heavy atom. The number of benzene rings is 1. The molecule has 0 aliphatic heterocycles. The third kappa shape index (κ3) is 3.44. The van der Waals surface area contributed by atoms with Gasteiger partial charge in [-0.05, 0) is 45.9 Å². The molecule has 32 heavy (non-hydrogen) atoms. The Bertz CT molecular complexity index is 1420. The monoisotopic (exact) mass is 456 g/mol. The van der Waals surface area contributed by atoms with Crippen LogP contribution in [0, 0.1) is 19.7 Å². The molecule has 0 saturated carbocycles. The van der Waals surface area contributed by atoms with Crippen LogP contribution in [0.25, 0.3) is 33.4 Å². The Hall–Kier alpha value is -3.27. The van der Waals surface area contributed by atoms with Crippen molar-refractivity contribution in [2.45, 2.75) is 27.7 Å². The second-order valence-electron chi connectivity index (χ2n) is 7.55. The number of imidazole rings is 1. The maximum Gasteiger partial charge on any atom is 0.234 e. The largest absolute Gasteiger partial charge is 0.343 e. The Balaban J connectivity index is 2.09. The van der Waals surface area contributed by atoms with Gasteiger partial charge in [0.25, 0.3) is 0 Å². The molecule has 1 aromatic carbocycles. The van der Waals surface area contributed by atoms with Gasteiger partial charge in [-0.15, -0.1) is 0 Å². The van der Waals surface area contributed by atoms with E-state index in [1.54, 1.807) is 50.0 Å². The second kappa shape index (κ2) is 8.01. The fourth-order valence-corrected chi connectivity index (χ4v) is 5.20. The SMILES string of the molecule is CCN(c1cc(-c2c(C)nn(C)c2C)c(F)c(-c2ccnc3nc[nH]c23)c1)S(=O)(=O)CC. The molecule has 168 valence electrons. The molecule has 4 aromatic rings. The molecule has 3 heterocycles. The minimum atomic E-state index is -3.56. The first-order valence-electron chi connectivity index (χ1n) is 10.3. The number of nitrogens with zero attached hydrogens (tertiary/aromatic N) is 5. The maximum absolute atomic E-state index is 16.1. The van der Waals surface area contributed by atoms with Gasteiger partial charge < -0.3 is 4.98 Å². The van der Waals surface area contributed by atoms with Crippen LogP contribution in [0.5, 0.6) is 0 Å². The average Bonchev–Trinajstić information content (AvgIpc) is 3.33. The van der Waals surface area contributed by atoms with Crippen molar-refractivity contribution in [2.24, 2.45) is 7.05 Å². The average molecular weight is 457 g/mol. The Morgan fingerprint density at radius 2 is 1.84 bits per heavy atom. The van der Waals surface area contributed by atoms with E-state index in [0.29, 0.717) is 39.2 Å². The van der Waals surface area contributed by atoms with E-state index in [2.05, 4.69) is 20.1 Å². The van der Waals surface area contributed by atoms with Crippen LogP contribution in [0.3, 0.4) is 0 Å². The number of rotatable bonds is 6. The number of anilines is 1. The van der Waals surface area contributed by atoms with Gasteiger partial charge in [-0.25, -0.2) is 22.8 Å². The van der Waals surface area contributed by atoms with E-state index in [0.717, 1.165) is 5.69 Å². The standard InChI is InChI=1S/C22H25FN6O2S/c1-6-29(32(30,31)7-2)15-10-17(16-8-9-24-22-21(16)25-12-26-22)20(23)18(11-15)19-13(3)27-28(5)14(19)4/h8-12H,6-7H2,1-5H3,(H,24,25,26). The molecular formula is C22H25FN6O2S. The fourth-order valence-electron chi connectivity index (χ4n) is 4.06. The highest BCUT2D eigenvalue weighted by Gasteiger charge is 2.26. The van der Waals surface area contributed by atoms with Gasteiger partial charge in [0.1, 0.15) is 5.82 Å². The van der Waals surface area contributed by atoms with Gasteiger partial charge in [0.05, 0.1) is 29.0 Å². The Morgan fingerprint density at radius 1 is 1.12 bits per heavy atom. The molecule has 8 nitrogen and oxygen atoms in total. The number of nitrogens with one attached hydrogen (secondary N) is 1. The molecule has 0 aliphatic rings. The lowest BCUT2D eigenvalue weighted by molar-refractivity contribution is 0.593. The van der Waals surface area contributed by atoms with E-state index in [1.165, 1.54) is 10.6 Å². The summed E-state index contributed by atoms with van der Waals surface area (Å²) in [4.78, 5) is 11.4. The lowest BCUT2D eigenvalue weighted by Gasteiger charge is -2.24. The van der Waals surface area contributed by atoms with Crippen LogP contribution in [0.2, 0.25) is 0 Å². The molecule has 0 fully saturated rings. The summed E-state index contributed by atoms with van der Waals surface area (Å²) < 4.78 is 44.7.